The van der Waals surface area contributed by atoms with Gasteiger partial charge in [0.15, 0.2) is 0 Å². The molecule has 2 aliphatic rings. The molecule has 1 aromatic carbocycles. The first-order chi connectivity index (χ1) is 15.1. The SMILES string of the molecule is CCN1CCN(C(=O)NC(C(=O)NC2(S(C)=O)C(=O)NC2C)c2ccccc2)C(=O)C1=O. The van der Waals surface area contributed by atoms with E-state index < -0.39 is 57.4 Å². The van der Waals surface area contributed by atoms with Gasteiger partial charge in [0, 0.05) is 25.9 Å². The number of amides is 6. The minimum absolute atomic E-state index is 0.0181. The summed E-state index contributed by atoms with van der Waals surface area (Å²) in [5.41, 5.74) is 0.383. The summed E-state index contributed by atoms with van der Waals surface area (Å²) in [6.45, 7) is 3.84. The topological polar surface area (TPSA) is 145 Å². The molecule has 6 amide bonds. The molecule has 0 saturated carbocycles. The number of carbonyl (C=O) groups excluding carboxylic acids is 5. The molecule has 0 aromatic heterocycles. The number of carbonyl (C=O) groups is 5. The maximum absolute atomic E-state index is 13.2. The van der Waals surface area contributed by atoms with Gasteiger partial charge in [-0.1, -0.05) is 30.3 Å². The number of nitrogens with zero attached hydrogens (tertiary/aromatic N) is 2. The predicted octanol–water partition coefficient (Wildman–Crippen LogP) is -1.16. The molecular weight excluding hydrogens is 438 g/mol. The van der Waals surface area contributed by atoms with E-state index in [1.807, 2.05) is 0 Å². The largest absolute Gasteiger partial charge is 0.347 e. The molecule has 2 fully saturated rings. The minimum atomic E-state index is -1.74. The van der Waals surface area contributed by atoms with Crippen LogP contribution in [0, 0.1) is 0 Å². The van der Waals surface area contributed by atoms with E-state index in [1.165, 1.54) is 11.2 Å². The average Bonchev–Trinajstić information content (AvgIpc) is 2.77. The Morgan fingerprint density at radius 3 is 2.38 bits per heavy atom. The summed E-state index contributed by atoms with van der Waals surface area (Å²) in [7, 11) is -1.74. The molecule has 2 heterocycles. The van der Waals surface area contributed by atoms with Crippen molar-refractivity contribution in [3.05, 3.63) is 35.9 Å². The van der Waals surface area contributed by atoms with Gasteiger partial charge in [-0.15, -0.1) is 0 Å². The minimum Gasteiger partial charge on any atom is -0.347 e. The van der Waals surface area contributed by atoms with E-state index in [9.17, 15) is 28.2 Å². The number of benzene rings is 1. The van der Waals surface area contributed by atoms with Crippen molar-refractivity contribution in [1.29, 1.82) is 0 Å². The van der Waals surface area contributed by atoms with Gasteiger partial charge in [0.1, 0.15) is 6.04 Å². The van der Waals surface area contributed by atoms with Crippen LogP contribution in [-0.4, -0.2) is 80.5 Å². The van der Waals surface area contributed by atoms with Gasteiger partial charge in [-0.05, 0) is 19.4 Å². The number of piperazine rings is 1. The maximum Gasteiger partial charge on any atom is 0.325 e. The van der Waals surface area contributed by atoms with Gasteiger partial charge >= 0.3 is 17.8 Å². The molecule has 4 unspecified atom stereocenters. The maximum atomic E-state index is 13.2. The number of β-lactam (4-membered cyclic amide) rings is 1. The second-order valence-electron chi connectivity index (χ2n) is 7.51. The monoisotopic (exact) mass is 463 g/mol. The summed E-state index contributed by atoms with van der Waals surface area (Å²) in [5.74, 6) is -3.14. The van der Waals surface area contributed by atoms with Crippen molar-refractivity contribution in [3.8, 4) is 0 Å². The lowest BCUT2D eigenvalue weighted by atomic mass is 9.98. The molecule has 32 heavy (non-hydrogen) atoms. The van der Waals surface area contributed by atoms with Crippen molar-refractivity contribution >= 4 is 40.5 Å². The second kappa shape index (κ2) is 9.07. The Morgan fingerprint density at radius 1 is 1.19 bits per heavy atom. The molecule has 0 aliphatic carbocycles. The van der Waals surface area contributed by atoms with Crippen molar-refractivity contribution in [2.24, 2.45) is 0 Å². The molecule has 0 bridgehead atoms. The van der Waals surface area contributed by atoms with Crippen LogP contribution >= 0.6 is 0 Å². The van der Waals surface area contributed by atoms with Crippen molar-refractivity contribution < 1.29 is 28.2 Å². The highest BCUT2D eigenvalue weighted by molar-refractivity contribution is 7.86. The molecule has 11 nitrogen and oxygen atoms in total. The van der Waals surface area contributed by atoms with Crippen LogP contribution in [0.5, 0.6) is 0 Å². The number of urea groups is 1. The normalized spacial score (nSPS) is 24.8. The molecule has 4 atom stereocenters. The Morgan fingerprint density at radius 2 is 1.84 bits per heavy atom. The second-order valence-corrected chi connectivity index (χ2v) is 9.06. The van der Waals surface area contributed by atoms with E-state index >= 15 is 0 Å². The first-order valence-corrected chi connectivity index (χ1v) is 11.6. The van der Waals surface area contributed by atoms with Crippen molar-refractivity contribution in [2.45, 2.75) is 30.8 Å². The molecule has 0 radical (unpaired) electrons. The fourth-order valence-corrected chi connectivity index (χ4v) is 4.83. The Kier molecular flexibility index (Phi) is 6.63. The van der Waals surface area contributed by atoms with Crippen molar-refractivity contribution in [2.75, 3.05) is 25.9 Å². The first-order valence-electron chi connectivity index (χ1n) is 10.1. The van der Waals surface area contributed by atoms with Gasteiger partial charge in [-0.2, -0.15) is 0 Å². The number of imide groups is 1. The Bertz CT molecular complexity index is 976. The highest BCUT2D eigenvalue weighted by atomic mass is 32.2. The lowest BCUT2D eigenvalue weighted by Crippen LogP contribution is -2.80. The lowest BCUT2D eigenvalue weighted by Gasteiger charge is -2.45. The zero-order chi connectivity index (χ0) is 23.6. The quantitative estimate of drug-likeness (QED) is 0.358. The smallest absolute Gasteiger partial charge is 0.325 e. The van der Waals surface area contributed by atoms with Crippen molar-refractivity contribution in [1.82, 2.24) is 25.8 Å². The first kappa shape index (κ1) is 23.4. The highest BCUT2D eigenvalue weighted by Gasteiger charge is 2.58. The van der Waals surface area contributed by atoms with Crippen LogP contribution in [0.25, 0.3) is 0 Å². The third-order valence-electron chi connectivity index (χ3n) is 5.66. The van der Waals surface area contributed by atoms with Gasteiger partial charge in [0.2, 0.25) is 10.8 Å². The number of nitrogens with one attached hydrogen (secondary N) is 3. The third-order valence-corrected chi connectivity index (χ3v) is 7.20. The molecule has 3 rings (SSSR count). The summed E-state index contributed by atoms with van der Waals surface area (Å²) in [4.78, 5) is 63.2. The zero-order valence-electron chi connectivity index (χ0n) is 17.9. The molecular formula is C20H25N5O6S. The van der Waals surface area contributed by atoms with Crippen molar-refractivity contribution in [3.63, 3.8) is 0 Å². The lowest BCUT2D eigenvalue weighted by molar-refractivity contribution is -0.153. The zero-order valence-corrected chi connectivity index (χ0v) is 18.7. The number of rotatable bonds is 6. The molecule has 2 saturated heterocycles. The molecule has 172 valence electrons. The fourth-order valence-electron chi connectivity index (χ4n) is 3.71. The summed E-state index contributed by atoms with van der Waals surface area (Å²) < 4.78 is 12.3. The fraction of sp³-hybridized carbons (Fsp3) is 0.450. The van der Waals surface area contributed by atoms with Crippen LogP contribution in [0.4, 0.5) is 4.79 Å². The number of hydrogen-bond donors (Lipinski definition) is 3. The van der Waals surface area contributed by atoms with Crippen LogP contribution in [0.2, 0.25) is 0 Å². The molecule has 3 N–H and O–H groups in total. The van der Waals surface area contributed by atoms with Gasteiger partial charge in [0.05, 0.1) is 16.8 Å². The van der Waals surface area contributed by atoms with Gasteiger partial charge < -0.3 is 20.9 Å². The highest BCUT2D eigenvalue weighted by Crippen LogP contribution is 2.26. The van der Waals surface area contributed by atoms with E-state index in [2.05, 4.69) is 16.0 Å². The predicted molar refractivity (Wildman–Crippen MR) is 114 cm³/mol. The van der Waals surface area contributed by atoms with Gasteiger partial charge in [-0.3, -0.25) is 28.3 Å². The summed E-state index contributed by atoms with van der Waals surface area (Å²) >= 11 is 0. The van der Waals surface area contributed by atoms with Crippen LogP contribution < -0.4 is 16.0 Å². The van der Waals surface area contributed by atoms with E-state index in [0.717, 1.165) is 4.90 Å². The Labute approximate surface area is 187 Å². The van der Waals surface area contributed by atoms with E-state index in [1.54, 1.807) is 44.2 Å². The number of likely N-dealkylation sites (N-methyl/N-ethyl adjacent to an activating group) is 1. The van der Waals surface area contributed by atoms with Gasteiger partial charge in [0.25, 0.3) is 5.91 Å². The van der Waals surface area contributed by atoms with E-state index in [-0.39, 0.29) is 13.1 Å². The van der Waals surface area contributed by atoms with Crippen LogP contribution in [-0.2, 0) is 30.0 Å². The van der Waals surface area contributed by atoms with Crippen LogP contribution in [0.15, 0.2) is 30.3 Å². The summed E-state index contributed by atoms with van der Waals surface area (Å²) in [6, 6.07) is 5.41. The van der Waals surface area contributed by atoms with E-state index in [0.29, 0.717) is 12.1 Å². The average molecular weight is 464 g/mol. The molecule has 12 heteroatoms. The Balaban J connectivity index is 1.84. The Hall–Kier alpha value is -3.28. The van der Waals surface area contributed by atoms with Crippen LogP contribution in [0.3, 0.4) is 0 Å². The number of hydrogen-bond acceptors (Lipinski definition) is 6. The third kappa shape index (κ3) is 3.97. The molecule has 1 aromatic rings. The standard InChI is InChI=1S/C20H25N5O6S/c1-4-24-10-11-25(17(28)16(24)27)19(30)22-14(13-8-6-5-7-9-13)15(26)23-20(32(3)31)12(2)21-18(20)29/h5-9,12,14H,4,10-11H2,1-3H3,(H,21,29)(H,22,30)(H,23,26). The van der Waals surface area contributed by atoms with Crippen LogP contribution in [0.1, 0.15) is 25.5 Å². The van der Waals surface area contributed by atoms with E-state index in [4.69, 9.17) is 0 Å². The summed E-state index contributed by atoms with van der Waals surface area (Å²) in [6.07, 6.45) is 1.31. The summed E-state index contributed by atoms with van der Waals surface area (Å²) in [5, 5.41) is 7.55. The molecule has 2 aliphatic heterocycles. The molecule has 0 spiro atoms. The van der Waals surface area contributed by atoms with Gasteiger partial charge in [-0.25, -0.2) is 4.79 Å².